The number of amides is 1. The van der Waals surface area contributed by atoms with Crippen LogP contribution in [0, 0.1) is 0 Å². The van der Waals surface area contributed by atoms with Crippen molar-refractivity contribution in [2.24, 2.45) is 0 Å². The molecule has 25 heavy (non-hydrogen) atoms. The summed E-state index contributed by atoms with van der Waals surface area (Å²) in [5.41, 5.74) is 2.01. The van der Waals surface area contributed by atoms with Gasteiger partial charge in [0.25, 0.3) is 5.91 Å². The van der Waals surface area contributed by atoms with Crippen LogP contribution in [0.2, 0.25) is 0 Å². The fourth-order valence-electron chi connectivity index (χ4n) is 2.49. The number of benzene rings is 1. The lowest BCUT2D eigenvalue weighted by molar-refractivity contribution is 0.0785. The first-order valence-electron chi connectivity index (χ1n) is 8.04. The number of nitrogens with zero attached hydrogens (tertiary/aromatic N) is 2. The van der Waals surface area contributed by atoms with E-state index in [9.17, 15) is 4.79 Å². The van der Waals surface area contributed by atoms with Crippen molar-refractivity contribution >= 4 is 28.6 Å². The number of hydrogen-bond acceptors (Lipinski definition) is 5. The van der Waals surface area contributed by atoms with Crippen molar-refractivity contribution in [2.45, 2.75) is 19.9 Å². The summed E-state index contributed by atoms with van der Waals surface area (Å²) < 4.78 is 5.44. The van der Waals surface area contributed by atoms with E-state index < -0.39 is 0 Å². The standard InChI is InChI=1S/C19H20N2O2S2/c1-4-17-20-14(12-24-17)11-21(2)19(22)18-15(23-3)10-16(25-18)13-8-6-5-7-9-13/h5-10,12H,4,11H2,1-3H3. The number of rotatable bonds is 6. The zero-order valence-electron chi connectivity index (χ0n) is 14.5. The maximum absolute atomic E-state index is 12.9. The fourth-order valence-corrected chi connectivity index (χ4v) is 4.35. The Hall–Kier alpha value is -2.18. The molecule has 1 aromatic carbocycles. The van der Waals surface area contributed by atoms with Gasteiger partial charge in [0, 0.05) is 17.3 Å². The van der Waals surface area contributed by atoms with Crippen LogP contribution in [0.15, 0.2) is 41.8 Å². The Morgan fingerprint density at radius 1 is 1.28 bits per heavy atom. The van der Waals surface area contributed by atoms with Gasteiger partial charge in [0.2, 0.25) is 0 Å². The van der Waals surface area contributed by atoms with Gasteiger partial charge in [-0.3, -0.25) is 4.79 Å². The number of thiophene rings is 1. The number of thiazole rings is 1. The van der Waals surface area contributed by atoms with Crippen LogP contribution >= 0.6 is 22.7 Å². The van der Waals surface area contributed by atoms with Gasteiger partial charge >= 0.3 is 0 Å². The van der Waals surface area contributed by atoms with Crippen molar-refractivity contribution in [3.8, 4) is 16.2 Å². The van der Waals surface area contributed by atoms with E-state index in [4.69, 9.17) is 4.74 Å². The molecule has 3 rings (SSSR count). The second-order valence-corrected chi connectivity index (χ2v) is 7.62. The summed E-state index contributed by atoms with van der Waals surface area (Å²) in [4.78, 5) is 20.8. The highest BCUT2D eigenvalue weighted by Gasteiger charge is 2.21. The zero-order valence-corrected chi connectivity index (χ0v) is 16.1. The molecule has 3 aromatic rings. The molecule has 0 aliphatic heterocycles. The molecule has 0 atom stereocenters. The number of carbonyl (C=O) groups excluding carboxylic acids is 1. The maximum Gasteiger partial charge on any atom is 0.267 e. The molecule has 130 valence electrons. The Kier molecular flexibility index (Phi) is 5.50. The van der Waals surface area contributed by atoms with E-state index in [-0.39, 0.29) is 5.91 Å². The molecule has 6 heteroatoms. The van der Waals surface area contributed by atoms with Gasteiger partial charge in [-0.15, -0.1) is 22.7 Å². The first-order valence-corrected chi connectivity index (χ1v) is 9.74. The quantitative estimate of drug-likeness (QED) is 0.629. The molecule has 2 heterocycles. The highest BCUT2D eigenvalue weighted by Crippen LogP contribution is 2.36. The molecule has 0 radical (unpaired) electrons. The van der Waals surface area contributed by atoms with Crippen LogP contribution in [0.25, 0.3) is 10.4 Å². The zero-order chi connectivity index (χ0) is 17.8. The van der Waals surface area contributed by atoms with E-state index in [1.165, 1.54) is 11.3 Å². The van der Waals surface area contributed by atoms with Crippen molar-refractivity contribution in [3.63, 3.8) is 0 Å². The number of methoxy groups -OCH3 is 1. The molecule has 0 unspecified atom stereocenters. The van der Waals surface area contributed by atoms with E-state index in [0.717, 1.165) is 27.6 Å². The summed E-state index contributed by atoms with van der Waals surface area (Å²) in [6.45, 7) is 2.58. The van der Waals surface area contributed by atoms with Gasteiger partial charge in [0.15, 0.2) is 0 Å². The molecule has 0 fully saturated rings. The minimum absolute atomic E-state index is 0.0462. The van der Waals surface area contributed by atoms with E-state index >= 15 is 0 Å². The second-order valence-electron chi connectivity index (χ2n) is 5.62. The minimum atomic E-state index is -0.0462. The topological polar surface area (TPSA) is 42.4 Å². The highest BCUT2D eigenvalue weighted by atomic mass is 32.1. The molecular formula is C19H20N2O2S2. The van der Waals surface area contributed by atoms with Gasteiger partial charge in [0.1, 0.15) is 10.6 Å². The molecule has 0 saturated heterocycles. The van der Waals surface area contributed by atoms with Crippen LogP contribution in [0.5, 0.6) is 5.75 Å². The molecule has 4 nitrogen and oxygen atoms in total. The summed E-state index contributed by atoms with van der Waals surface area (Å²) in [5, 5.41) is 3.11. The normalized spacial score (nSPS) is 10.7. The third-order valence-electron chi connectivity index (χ3n) is 3.82. The summed E-state index contributed by atoms with van der Waals surface area (Å²) in [6.07, 6.45) is 0.918. The Morgan fingerprint density at radius 2 is 2.04 bits per heavy atom. The molecule has 0 aliphatic rings. The largest absolute Gasteiger partial charge is 0.495 e. The Balaban J connectivity index is 1.82. The third-order valence-corrected chi connectivity index (χ3v) is 6.01. The lowest BCUT2D eigenvalue weighted by atomic mass is 10.2. The SMILES string of the molecule is CCc1nc(CN(C)C(=O)c2sc(-c3ccccc3)cc2OC)cs1. The molecule has 1 amide bonds. The van der Waals surface area contributed by atoms with E-state index in [1.807, 2.05) is 41.8 Å². The number of aromatic nitrogens is 1. The van der Waals surface area contributed by atoms with Crippen molar-refractivity contribution in [1.29, 1.82) is 0 Å². The average molecular weight is 373 g/mol. The van der Waals surface area contributed by atoms with Gasteiger partial charge in [-0.2, -0.15) is 0 Å². The lowest BCUT2D eigenvalue weighted by Crippen LogP contribution is -2.26. The van der Waals surface area contributed by atoms with E-state index in [0.29, 0.717) is 17.2 Å². The predicted molar refractivity (Wildman–Crippen MR) is 104 cm³/mol. The molecule has 0 N–H and O–H groups in total. The first kappa shape index (κ1) is 17.6. The summed E-state index contributed by atoms with van der Waals surface area (Å²) in [5.74, 6) is 0.573. The molecule has 0 bridgehead atoms. The molecular weight excluding hydrogens is 352 g/mol. The Morgan fingerprint density at radius 3 is 2.68 bits per heavy atom. The van der Waals surface area contributed by atoms with Crippen LogP contribution in [0.4, 0.5) is 0 Å². The molecule has 0 aliphatic carbocycles. The van der Waals surface area contributed by atoms with Crippen LogP contribution in [-0.4, -0.2) is 29.9 Å². The predicted octanol–water partition coefficient (Wildman–Crippen LogP) is 4.71. The summed E-state index contributed by atoms with van der Waals surface area (Å²) in [7, 11) is 3.40. The fraction of sp³-hybridized carbons (Fsp3) is 0.263. The van der Waals surface area contributed by atoms with Gasteiger partial charge in [-0.25, -0.2) is 4.98 Å². The minimum Gasteiger partial charge on any atom is -0.495 e. The average Bonchev–Trinajstić information content (AvgIpc) is 3.28. The van der Waals surface area contributed by atoms with Crippen molar-refractivity contribution < 1.29 is 9.53 Å². The molecule has 2 aromatic heterocycles. The lowest BCUT2D eigenvalue weighted by Gasteiger charge is -2.15. The van der Waals surface area contributed by atoms with Crippen LogP contribution < -0.4 is 4.74 Å². The van der Waals surface area contributed by atoms with Crippen molar-refractivity contribution in [1.82, 2.24) is 9.88 Å². The van der Waals surface area contributed by atoms with Crippen molar-refractivity contribution in [2.75, 3.05) is 14.2 Å². The van der Waals surface area contributed by atoms with Crippen LogP contribution in [0.3, 0.4) is 0 Å². The van der Waals surface area contributed by atoms with Gasteiger partial charge in [0.05, 0.1) is 24.4 Å². The third kappa shape index (κ3) is 3.91. The van der Waals surface area contributed by atoms with Crippen LogP contribution in [0.1, 0.15) is 27.3 Å². The van der Waals surface area contributed by atoms with Gasteiger partial charge in [-0.1, -0.05) is 37.3 Å². The number of hydrogen-bond donors (Lipinski definition) is 0. The number of carbonyl (C=O) groups is 1. The number of ether oxygens (including phenoxy) is 1. The van der Waals surface area contributed by atoms with Gasteiger partial charge < -0.3 is 9.64 Å². The monoisotopic (exact) mass is 372 g/mol. The van der Waals surface area contributed by atoms with Gasteiger partial charge in [-0.05, 0) is 18.1 Å². The maximum atomic E-state index is 12.9. The highest BCUT2D eigenvalue weighted by molar-refractivity contribution is 7.17. The number of aryl methyl sites for hydroxylation is 1. The van der Waals surface area contributed by atoms with E-state index in [1.54, 1.807) is 30.4 Å². The second kappa shape index (κ2) is 7.80. The Labute approximate surface area is 155 Å². The van der Waals surface area contributed by atoms with Crippen molar-refractivity contribution in [3.05, 3.63) is 57.4 Å². The Bertz CT molecular complexity index is 855. The first-order chi connectivity index (χ1) is 12.1. The summed E-state index contributed by atoms with van der Waals surface area (Å²) >= 11 is 3.10. The smallest absolute Gasteiger partial charge is 0.267 e. The summed E-state index contributed by atoms with van der Waals surface area (Å²) in [6, 6.07) is 12.0. The van der Waals surface area contributed by atoms with E-state index in [2.05, 4.69) is 11.9 Å². The van der Waals surface area contributed by atoms with Crippen LogP contribution in [-0.2, 0) is 13.0 Å². The molecule has 0 saturated carbocycles. The molecule has 0 spiro atoms.